The lowest BCUT2D eigenvalue weighted by Crippen LogP contribution is -2.31. The number of aliphatic imine (C=N–C) groups is 1. The molecule has 1 saturated heterocycles. The molecular formula is C13H21IN4O3S. The molecule has 1 aliphatic heterocycles. The molecule has 0 radical (unpaired) electrons. The van der Waals surface area contributed by atoms with Gasteiger partial charge in [-0.2, -0.15) is 0 Å². The van der Waals surface area contributed by atoms with Crippen molar-refractivity contribution in [3.63, 3.8) is 0 Å². The lowest BCUT2D eigenvalue weighted by atomic mass is 10.2. The molecule has 1 fully saturated rings. The Hall–Kier alpha value is -0.910. The fraction of sp³-hybridized carbons (Fsp3) is 0.462. The van der Waals surface area contributed by atoms with E-state index in [2.05, 4.69) is 9.71 Å². The molecule has 1 heterocycles. The van der Waals surface area contributed by atoms with Crippen LogP contribution in [-0.2, 0) is 21.3 Å². The second-order valence-electron chi connectivity index (χ2n) is 4.87. The van der Waals surface area contributed by atoms with Crippen molar-refractivity contribution in [1.29, 1.82) is 0 Å². The van der Waals surface area contributed by atoms with Crippen molar-refractivity contribution in [3.05, 3.63) is 29.8 Å². The molecule has 1 unspecified atom stereocenters. The predicted molar refractivity (Wildman–Crippen MR) is 95.5 cm³/mol. The van der Waals surface area contributed by atoms with Crippen LogP contribution in [0.5, 0.6) is 0 Å². The molecule has 0 spiro atoms. The lowest BCUT2D eigenvalue weighted by Gasteiger charge is -2.11. The molecule has 1 aromatic carbocycles. The normalized spacial score (nSPS) is 17.7. The Kier molecular flexibility index (Phi) is 7.53. The molecule has 0 bridgehead atoms. The average Bonchev–Trinajstić information content (AvgIpc) is 2.97. The maximum absolute atomic E-state index is 12.1. The van der Waals surface area contributed by atoms with Gasteiger partial charge in [0.1, 0.15) is 0 Å². The van der Waals surface area contributed by atoms with Crippen molar-refractivity contribution in [1.82, 2.24) is 4.72 Å². The molecule has 124 valence electrons. The fourth-order valence-electron chi connectivity index (χ4n) is 2.05. The lowest BCUT2D eigenvalue weighted by molar-refractivity contribution is 0.114. The van der Waals surface area contributed by atoms with E-state index in [0.29, 0.717) is 19.7 Å². The third-order valence-corrected chi connectivity index (χ3v) is 4.64. The molecule has 2 rings (SSSR count). The van der Waals surface area contributed by atoms with Gasteiger partial charge in [-0.15, -0.1) is 24.0 Å². The van der Waals surface area contributed by atoms with Gasteiger partial charge in [0.15, 0.2) is 5.96 Å². The van der Waals surface area contributed by atoms with Crippen LogP contribution in [0, 0.1) is 0 Å². The number of hydrogen-bond acceptors (Lipinski definition) is 4. The van der Waals surface area contributed by atoms with Crippen molar-refractivity contribution < 1.29 is 13.2 Å². The van der Waals surface area contributed by atoms with E-state index in [4.69, 9.17) is 16.2 Å². The predicted octanol–water partition coefficient (Wildman–Crippen LogP) is 0.535. The number of nitrogens with two attached hydrogens (primary N) is 2. The summed E-state index contributed by atoms with van der Waals surface area (Å²) in [5.74, 6) is 0.00456. The molecule has 1 atom stereocenters. The molecule has 1 aliphatic rings. The van der Waals surface area contributed by atoms with Crippen LogP contribution in [0.2, 0.25) is 0 Å². The third-order valence-electron chi connectivity index (χ3n) is 3.20. The Balaban J connectivity index is 0.00000242. The second-order valence-corrected chi connectivity index (χ2v) is 6.64. The number of rotatable bonds is 6. The number of halogens is 1. The van der Waals surface area contributed by atoms with Gasteiger partial charge in [-0.1, -0.05) is 12.1 Å². The highest BCUT2D eigenvalue weighted by Crippen LogP contribution is 2.14. The van der Waals surface area contributed by atoms with Gasteiger partial charge in [-0.05, 0) is 30.5 Å². The Labute approximate surface area is 147 Å². The maximum Gasteiger partial charge on any atom is 0.240 e. The molecule has 1 aromatic rings. The minimum absolute atomic E-state index is 0. The highest BCUT2D eigenvalue weighted by atomic mass is 127. The number of sulfonamides is 1. The van der Waals surface area contributed by atoms with Crippen LogP contribution in [-0.4, -0.2) is 33.6 Å². The molecule has 0 aromatic heterocycles. The summed E-state index contributed by atoms with van der Waals surface area (Å²) < 4.78 is 32.2. The van der Waals surface area contributed by atoms with E-state index in [1.54, 1.807) is 12.1 Å². The van der Waals surface area contributed by atoms with Crippen LogP contribution in [0.4, 0.5) is 0 Å². The van der Waals surface area contributed by atoms with Crippen LogP contribution in [0.25, 0.3) is 0 Å². The van der Waals surface area contributed by atoms with Crippen LogP contribution in [0.15, 0.2) is 34.2 Å². The molecule has 0 amide bonds. The first-order chi connectivity index (χ1) is 9.97. The van der Waals surface area contributed by atoms with E-state index >= 15 is 0 Å². The first-order valence-corrected chi connectivity index (χ1v) is 8.21. The number of benzene rings is 1. The number of guanidine groups is 1. The number of nitrogens with one attached hydrogen (secondary N) is 1. The van der Waals surface area contributed by atoms with Crippen molar-refractivity contribution >= 4 is 40.0 Å². The van der Waals surface area contributed by atoms with Crippen molar-refractivity contribution in [3.8, 4) is 0 Å². The molecular weight excluding hydrogens is 419 g/mol. The number of ether oxygens (including phenoxy) is 1. The molecule has 7 nitrogen and oxygen atoms in total. The summed E-state index contributed by atoms with van der Waals surface area (Å²) in [6.07, 6.45) is 1.84. The summed E-state index contributed by atoms with van der Waals surface area (Å²) in [5, 5.41) is 0. The van der Waals surface area contributed by atoms with Gasteiger partial charge in [-0.25, -0.2) is 18.1 Å². The summed E-state index contributed by atoms with van der Waals surface area (Å²) in [6.45, 7) is 1.33. The summed E-state index contributed by atoms with van der Waals surface area (Å²) in [7, 11) is -3.51. The third kappa shape index (κ3) is 5.71. The highest BCUT2D eigenvalue weighted by Gasteiger charge is 2.20. The van der Waals surface area contributed by atoms with E-state index < -0.39 is 10.0 Å². The Bertz CT molecular complexity index is 594. The molecule has 22 heavy (non-hydrogen) atoms. The zero-order valence-corrected chi connectivity index (χ0v) is 15.2. The van der Waals surface area contributed by atoms with Gasteiger partial charge in [-0.3, -0.25) is 0 Å². The summed E-state index contributed by atoms with van der Waals surface area (Å²) in [6, 6.07) is 6.45. The molecule has 0 aliphatic carbocycles. The maximum atomic E-state index is 12.1. The van der Waals surface area contributed by atoms with Gasteiger partial charge >= 0.3 is 0 Å². The van der Waals surface area contributed by atoms with Crippen LogP contribution < -0.4 is 16.2 Å². The number of nitrogens with zero attached hydrogens (tertiary/aromatic N) is 1. The van der Waals surface area contributed by atoms with E-state index in [9.17, 15) is 8.42 Å². The molecule has 5 N–H and O–H groups in total. The van der Waals surface area contributed by atoms with Crippen molar-refractivity contribution in [2.45, 2.75) is 30.4 Å². The van der Waals surface area contributed by atoms with Crippen LogP contribution in [0.1, 0.15) is 18.4 Å². The van der Waals surface area contributed by atoms with E-state index in [0.717, 1.165) is 18.4 Å². The van der Waals surface area contributed by atoms with E-state index in [-0.39, 0.29) is 40.9 Å². The monoisotopic (exact) mass is 440 g/mol. The minimum atomic E-state index is -3.51. The first kappa shape index (κ1) is 19.1. The van der Waals surface area contributed by atoms with Crippen LogP contribution in [0.3, 0.4) is 0 Å². The van der Waals surface area contributed by atoms with Gasteiger partial charge in [0.05, 0.1) is 17.5 Å². The Morgan fingerprint density at radius 1 is 1.32 bits per heavy atom. The quantitative estimate of drug-likeness (QED) is 0.339. The minimum Gasteiger partial charge on any atom is -0.377 e. The average molecular weight is 440 g/mol. The highest BCUT2D eigenvalue weighted by molar-refractivity contribution is 14.0. The first-order valence-electron chi connectivity index (χ1n) is 6.73. The summed E-state index contributed by atoms with van der Waals surface area (Å²) in [5.41, 5.74) is 11.3. The van der Waals surface area contributed by atoms with E-state index in [1.165, 1.54) is 12.1 Å². The van der Waals surface area contributed by atoms with Gasteiger partial charge < -0.3 is 16.2 Å². The Morgan fingerprint density at radius 2 is 2.00 bits per heavy atom. The largest absolute Gasteiger partial charge is 0.377 e. The smallest absolute Gasteiger partial charge is 0.240 e. The second kappa shape index (κ2) is 8.65. The summed E-state index contributed by atoms with van der Waals surface area (Å²) in [4.78, 5) is 4.08. The van der Waals surface area contributed by atoms with Crippen LogP contribution >= 0.6 is 24.0 Å². The SMILES string of the molecule is I.NC(N)=NCc1ccc(S(=O)(=O)NCC2CCCO2)cc1. The van der Waals surface area contributed by atoms with Gasteiger partial charge in [0.25, 0.3) is 0 Å². The fourth-order valence-corrected chi connectivity index (χ4v) is 3.11. The molecule has 0 saturated carbocycles. The van der Waals surface area contributed by atoms with Gasteiger partial charge in [0.2, 0.25) is 10.0 Å². The molecule has 9 heteroatoms. The Morgan fingerprint density at radius 3 is 2.55 bits per heavy atom. The van der Waals surface area contributed by atoms with E-state index in [1.807, 2.05) is 0 Å². The topological polar surface area (TPSA) is 120 Å². The van der Waals surface area contributed by atoms with Gasteiger partial charge in [0, 0.05) is 13.2 Å². The summed E-state index contributed by atoms with van der Waals surface area (Å²) >= 11 is 0. The van der Waals surface area contributed by atoms with Crippen molar-refractivity contribution in [2.75, 3.05) is 13.2 Å². The van der Waals surface area contributed by atoms with Crippen molar-refractivity contribution in [2.24, 2.45) is 16.5 Å². The zero-order valence-electron chi connectivity index (χ0n) is 12.1. The standard InChI is InChI=1S/C13H20N4O3S.HI/c14-13(15)16-8-10-3-5-12(6-4-10)21(18,19)17-9-11-2-1-7-20-11;/h3-6,11,17H,1-2,7-9H2,(H4,14,15,16);1H. The zero-order chi connectivity index (χ0) is 15.3. The number of hydrogen-bond donors (Lipinski definition) is 3.